The van der Waals surface area contributed by atoms with Crippen LogP contribution < -0.4 is 10.9 Å². The minimum Gasteiger partial charge on any atom is -0.325 e. The molecule has 0 aliphatic rings. The number of halogens is 1. The number of nitrogens with zero attached hydrogens (tertiary/aromatic N) is 3. The Hall–Kier alpha value is -2.79. The molecule has 11 heteroatoms. The molecule has 0 unspecified atom stereocenters. The summed E-state index contributed by atoms with van der Waals surface area (Å²) in [5, 5.41) is 14.5. The Morgan fingerprint density at radius 3 is 2.81 bits per heavy atom. The Morgan fingerprint density at radius 1 is 1.39 bits per heavy atom. The van der Waals surface area contributed by atoms with Gasteiger partial charge in [-0.3, -0.25) is 24.3 Å². The number of benzene rings is 1. The molecule has 2 aromatic heterocycles. The van der Waals surface area contributed by atoms with E-state index >= 15 is 0 Å². The number of nitrogens with one attached hydrogen (secondary N) is 1. The predicted molar refractivity (Wildman–Crippen MR) is 121 cm³/mol. The number of aromatic nitrogens is 2. The molecule has 0 saturated carbocycles. The quantitative estimate of drug-likeness (QED) is 0.225. The van der Waals surface area contributed by atoms with Crippen LogP contribution in [-0.4, -0.2) is 26.1 Å². The topological polar surface area (TPSA) is 107 Å². The molecule has 0 aliphatic carbocycles. The monoisotopic (exact) mass is 464 g/mol. The first kappa shape index (κ1) is 22.9. The molecule has 1 amide bonds. The lowest BCUT2D eigenvalue weighted by Gasteiger charge is -2.12. The smallest absolute Gasteiger partial charge is 0.306 e. The van der Waals surface area contributed by atoms with Crippen LogP contribution in [0.5, 0.6) is 0 Å². The van der Waals surface area contributed by atoms with Gasteiger partial charge in [0.05, 0.1) is 16.1 Å². The molecule has 1 N–H and O–H groups in total. The number of nitro benzene ring substituents is 1. The van der Waals surface area contributed by atoms with Gasteiger partial charge in [-0.25, -0.2) is 4.98 Å². The van der Waals surface area contributed by atoms with Gasteiger partial charge in [-0.15, -0.1) is 11.3 Å². The molecule has 0 aliphatic heterocycles. The van der Waals surface area contributed by atoms with E-state index < -0.39 is 22.3 Å². The second kappa shape index (κ2) is 9.56. The van der Waals surface area contributed by atoms with Crippen molar-refractivity contribution in [1.29, 1.82) is 0 Å². The van der Waals surface area contributed by atoms with Gasteiger partial charge in [0.2, 0.25) is 11.7 Å². The molecule has 31 heavy (non-hydrogen) atoms. The Labute approximate surface area is 185 Å². The van der Waals surface area contributed by atoms with E-state index in [1.807, 2.05) is 20.8 Å². The summed E-state index contributed by atoms with van der Waals surface area (Å²) in [7, 11) is 0. The van der Waals surface area contributed by atoms with Gasteiger partial charge < -0.3 is 5.32 Å². The van der Waals surface area contributed by atoms with E-state index in [1.54, 1.807) is 4.57 Å². The zero-order chi connectivity index (χ0) is 22.7. The lowest BCUT2D eigenvalue weighted by molar-refractivity contribution is -0.387. The van der Waals surface area contributed by atoms with Crippen molar-refractivity contribution < 1.29 is 14.1 Å². The van der Waals surface area contributed by atoms with Crippen LogP contribution in [0.2, 0.25) is 0 Å². The first-order chi connectivity index (χ1) is 14.7. The minimum absolute atomic E-state index is 0.0570. The number of rotatable bonds is 8. The van der Waals surface area contributed by atoms with Gasteiger partial charge in [0.15, 0.2) is 5.16 Å². The fraction of sp³-hybridized carbons (Fsp3) is 0.350. The van der Waals surface area contributed by atoms with Crippen LogP contribution in [0.3, 0.4) is 0 Å². The second-order valence-corrected chi connectivity index (χ2v) is 9.07. The zero-order valence-electron chi connectivity index (χ0n) is 17.2. The molecular formula is C20H21FN4O4S2. The van der Waals surface area contributed by atoms with Crippen molar-refractivity contribution in [3.05, 3.63) is 54.9 Å². The third-order valence-electron chi connectivity index (χ3n) is 4.75. The van der Waals surface area contributed by atoms with Crippen LogP contribution >= 0.6 is 23.1 Å². The van der Waals surface area contributed by atoms with E-state index in [4.69, 9.17) is 0 Å². The van der Waals surface area contributed by atoms with Gasteiger partial charge >= 0.3 is 5.69 Å². The van der Waals surface area contributed by atoms with E-state index in [9.17, 15) is 24.1 Å². The molecule has 3 aromatic rings. The van der Waals surface area contributed by atoms with Crippen molar-refractivity contribution in [2.45, 2.75) is 45.3 Å². The Kier molecular flexibility index (Phi) is 7.06. The van der Waals surface area contributed by atoms with Crippen molar-refractivity contribution in [2.75, 3.05) is 11.1 Å². The number of fused-ring (bicyclic) bond motifs is 1. The molecule has 0 fully saturated rings. The van der Waals surface area contributed by atoms with E-state index in [1.165, 1.54) is 17.4 Å². The van der Waals surface area contributed by atoms with Gasteiger partial charge in [0, 0.05) is 23.2 Å². The normalized spacial score (nSPS) is 11.1. The van der Waals surface area contributed by atoms with Gasteiger partial charge in [-0.2, -0.15) is 4.39 Å². The molecular weight excluding hydrogens is 443 g/mol. The van der Waals surface area contributed by atoms with Crippen LogP contribution in [0.15, 0.2) is 28.2 Å². The second-order valence-electron chi connectivity index (χ2n) is 6.93. The number of anilines is 1. The number of carbonyl (C=O) groups is 1. The third kappa shape index (κ3) is 4.93. The van der Waals surface area contributed by atoms with Crippen LogP contribution in [0.1, 0.15) is 30.2 Å². The highest BCUT2D eigenvalue weighted by molar-refractivity contribution is 7.99. The molecule has 0 bridgehead atoms. The highest BCUT2D eigenvalue weighted by Gasteiger charge is 2.19. The van der Waals surface area contributed by atoms with Crippen molar-refractivity contribution in [3.8, 4) is 0 Å². The number of hydrogen-bond donors (Lipinski definition) is 1. The molecule has 0 radical (unpaired) electrons. The summed E-state index contributed by atoms with van der Waals surface area (Å²) in [6.45, 7) is 6.38. The average molecular weight is 465 g/mol. The number of unbranched alkanes of at least 4 members (excludes halogenated alkanes) is 1. The van der Waals surface area contributed by atoms with Crippen molar-refractivity contribution in [3.63, 3.8) is 0 Å². The Morgan fingerprint density at radius 2 is 2.13 bits per heavy atom. The average Bonchev–Trinajstić information content (AvgIpc) is 3.00. The summed E-state index contributed by atoms with van der Waals surface area (Å²) >= 11 is 2.57. The largest absolute Gasteiger partial charge is 0.325 e. The van der Waals surface area contributed by atoms with Crippen LogP contribution in [0, 0.1) is 29.8 Å². The van der Waals surface area contributed by atoms with Crippen molar-refractivity contribution in [1.82, 2.24) is 9.55 Å². The standard InChI is InChI=1S/C20H21FN4O4S2/c1-4-5-8-24-19(27)17-11(2)12(3)31-18(17)23-20(24)30-10-16(26)22-13-6-7-14(21)15(9-13)25(28)29/h6-7,9H,4-5,8,10H2,1-3H3,(H,22,26). The molecule has 0 spiro atoms. The Bertz CT molecular complexity index is 1220. The molecule has 0 atom stereocenters. The molecule has 3 rings (SSSR count). The predicted octanol–water partition coefficient (Wildman–Crippen LogP) is 4.65. The van der Waals surface area contributed by atoms with Crippen LogP contribution in [0.25, 0.3) is 10.2 Å². The van der Waals surface area contributed by atoms with Crippen molar-refractivity contribution >= 4 is 50.6 Å². The highest BCUT2D eigenvalue weighted by Crippen LogP contribution is 2.29. The lowest BCUT2D eigenvalue weighted by atomic mass is 10.2. The summed E-state index contributed by atoms with van der Waals surface area (Å²) in [4.78, 5) is 41.8. The maximum atomic E-state index is 13.5. The summed E-state index contributed by atoms with van der Waals surface area (Å²) in [6, 6.07) is 3.15. The van der Waals surface area contributed by atoms with Crippen LogP contribution in [0.4, 0.5) is 15.8 Å². The van der Waals surface area contributed by atoms with Gasteiger partial charge in [-0.05, 0) is 38.0 Å². The van der Waals surface area contributed by atoms with E-state index in [2.05, 4.69) is 10.3 Å². The SMILES string of the molecule is CCCCn1c(SCC(=O)Nc2ccc(F)c([N+](=O)[O-])c2)nc2sc(C)c(C)c2c1=O. The number of hydrogen-bond acceptors (Lipinski definition) is 7. The van der Waals surface area contributed by atoms with Gasteiger partial charge in [0.25, 0.3) is 5.56 Å². The maximum absolute atomic E-state index is 13.5. The molecule has 164 valence electrons. The number of thioether (sulfide) groups is 1. The number of nitro groups is 1. The van der Waals surface area contributed by atoms with Gasteiger partial charge in [-0.1, -0.05) is 25.1 Å². The summed E-state index contributed by atoms with van der Waals surface area (Å²) in [6.07, 6.45) is 1.70. The maximum Gasteiger partial charge on any atom is 0.306 e. The Balaban J connectivity index is 1.82. The van der Waals surface area contributed by atoms with Crippen molar-refractivity contribution in [2.24, 2.45) is 0 Å². The fourth-order valence-electron chi connectivity index (χ4n) is 2.99. The summed E-state index contributed by atoms with van der Waals surface area (Å²) in [5.74, 6) is -1.48. The van der Waals surface area contributed by atoms with E-state index in [0.717, 1.165) is 47.2 Å². The number of aryl methyl sites for hydroxylation is 2. The third-order valence-corrected chi connectivity index (χ3v) is 6.83. The number of thiophene rings is 1. The fourth-order valence-corrected chi connectivity index (χ4v) is 4.89. The highest BCUT2D eigenvalue weighted by atomic mass is 32.2. The lowest BCUT2D eigenvalue weighted by Crippen LogP contribution is -2.24. The summed E-state index contributed by atoms with van der Waals surface area (Å²) < 4.78 is 15.1. The molecule has 0 saturated heterocycles. The molecule has 2 heterocycles. The summed E-state index contributed by atoms with van der Waals surface area (Å²) in [5.41, 5.74) is 0.219. The molecule has 1 aromatic carbocycles. The van der Waals surface area contributed by atoms with E-state index in [0.29, 0.717) is 21.9 Å². The number of carbonyl (C=O) groups excluding carboxylic acids is 1. The number of amides is 1. The van der Waals surface area contributed by atoms with Crippen LogP contribution in [-0.2, 0) is 11.3 Å². The first-order valence-electron chi connectivity index (χ1n) is 9.60. The first-order valence-corrected chi connectivity index (χ1v) is 11.4. The van der Waals surface area contributed by atoms with Gasteiger partial charge in [0.1, 0.15) is 4.83 Å². The van der Waals surface area contributed by atoms with E-state index in [-0.39, 0.29) is 17.0 Å². The minimum atomic E-state index is -0.976. The zero-order valence-corrected chi connectivity index (χ0v) is 18.9. The molecule has 8 nitrogen and oxygen atoms in total.